The summed E-state index contributed by atoms with van der Waals surface area (Å²) in [6.45, 7) is -0.216. The molecule has 6 heteroatoms. The number of ether oxygens (including phenoxy) is 1. The molecule has 1 amide bonds. The molecule has 1 aliphatic rings. The Morgan fingerprint density at radius 2 is 1.92 bits per heavy atom. The van der Waals surface area contributed by atoms with Gasteiger partial charge >= 0.3 is 5.97 Å². The average Bonchev–Trinajstić information content (AvgIpc) is 3.21. The van der Waals surface area contributed by atoms with E-state index in [4.69, 9.17) is 4.74 Å². The Kier molecular flexibility index (Phi) is 5.48. The lowest BCUT2D eigenvalue weighted by Crippen LogP contribution is -2.40. The zero-order valence-corrected chi connectivity index (χ0v) is 14.4. The number of aromatic nitrogens is 2. The van der Waals surface area contributed by atoms with Gasteiger partial charge < -0.3 is 9.64 Å². The van der Waals surface area contributed by atoms with Gasteiger partial charge in [0, 0.05) is 25.5 Å². The van der Waals surface area contributed by atoms with Crippen molar-refractivity contribution < 1.29 is 14.3 Å². The Balaban J connectivity index is 1.52. The van der Waals surface area contributed by atoms with Gasteiger partial charge in [-0.25, -0.2) is 9.48 Å². The third-order valence-corrected chi connectivity index (χ3v) is 4.71. The van der Waals surface area contributed by atoms with Crippen LogP contribution in [0.15, 0.2) is 42.7 Å². The van der Waals surface area contributed by atoms with E-state index in [0.717, 1.165) is 31.4 Å². The highest BCUT2D eigenvalue weighted by atomic mass is 16.5. The molecule has 0 unspecified atom stereocenters. The number of nitrogens with zero attached hydrogens (tertiary/aromatic N) is 3. The molecule has 0 saturated heterocycles. The summed E-state index contributed by atoms with van der Waals surface area (Å²) in [5.74, 6) is -0.633. The van der Waals surface area contributed by atoms with Crippen LogP contribution in [-0.2, 0) is 9.53 Å². The number of amides is 1. The lowest BCUT2D eigenvalue weighted by Gasteiger charge is -2.31. The lowest BCUT2D eigenvalue weighted by molar-refractivity contribution is -0.135. The molecule has 0 atom stereocenters. The predicted molar refractivity (Wildman–Crippen MR) is 93.5 cm³/mol. The second-order valence-corrected chi connectivity index (χ2v) is 6.37. The SMILES string of the molecule is CN(C(=O)COC(=O)c1ccc(-n2cccn2)cc1)C1CCCCC1. The van der Waals surface area contributed by atoms with Crippen LogP contribution >= 0.6 is 0 Å². The monoisotopic (exact) mass is 341 g/mol. The molecular weight excluding hydrogens is 318 g/mol. The summed E-state index contributed by atoms with van der Waals surface area (Å²) in [6, 6.07) is 9.03. The number of benzene rings is 1. The molecule has 132 valence electrons. The zero-order valence-electron chi connectivity index (χ0n) is 14.4. The lowest BCUT2D eigenvalue weighted by atomic mass is 9.94. The molecule has 1 saturated carbocycles. The number of likely N-dealkylation sites (N-methyl/N-ethyl adjacent to an activating group) is 1. The van der Waals surface area contributed by atoms with Crippen LogP contribution in [0.4, 0.5) is 0 Å². The summed E-state index contributed by atoms with van der Waals surface area (Å²) in [6.07, 6.45) is 9.14. The fourth-order valence-electron chi connectivity index (χ4n) is 3.16. The minimum Gasteiger partial charge on any atom is -0.452 e. The minimum absolute atomic E-state index is 0.145. The highest BCUT2D eigenvalue weighted by Crippen LogP contribution is 2.21. The number of rotatable bonds is 5. The maximum atomic E-state index is 12.2. The molecule has 1 aliphatic carbocycles. The van der Waals surface area contributed by atoms with Crippen molar-refractivity contribution in [2.75, 3.05) is 13.7 Å². The highest BCUT2D eigenvalue weighted by Gasteiger charge is 2.23. The van der Waals surface area contributed by atoms with Crippen LogP contribution in [0.25, 0.3) is 5.69 Å². The van der Waals surface area contributed by atoms with Crippen molar-refractivity contribution >= 4 is 11.9 Å². The van der Waals surface area contributed by atoms with E-state index >= 15 is 0 Å². The van der Waals surface area contributed by atoms with Gasteiger partial charge in [-0.05, 0) is 43.2 Å². The first kappa shape index (κ1) is 17.2. The van der Waals surface area contributed by atoms with Gasteiger partial charge in [0.05, 0.1) is 11.3 Å². The van der Waals surface area contributed by atoms with E-state index in [1.54, 1.807) is 47.1 Å². The Bertz CT molecular complexity index is 704. The van der Waals surface area contributed by atoms with Crippen LogP contribution in [0.3, 0.4) is 0 Å². The molecule has 1 fully saturated rings. The quantitative estimate of drug-likeness (QED) is 0.785. The molecule has 0 spiro atoms. The van der Waals surface area contributed by atoms with Crippen LogP contribution in [-0.4, -0.2) is 46.3 Å². The third kappa shape index (κ3) is 4.26. The van der Waals surface area contributed by atoms with E-state index in [-0.39, 0.29) is 18.6 Å². The molecule has 2 aromatic rings. The Morgan fingerprint density at radius 3 is 2.56 bits per heavy atom. The van der Waals surface area contributed by atoms with Gasteiger partial charge in [0.15, 0.2) is 6.61 Å². The van der Waals surface area contributed by atoms with Crippen molar-refractivity contribution in [2.45, 2.75) is 38.1 Å². The van der Waals surface area contributed by atoms with Crippen LogP contribution in [0.2, 0.25) is 0 Å². The summed E-state index contributed by atoms with van der Waals surface area (Å²) in [4.78, 5) is 26.1. The molecule has 0 aliphatic heterocycles. The summed E-state index contributed by atoms with van der Waals surface area (Å²) >= 11 is 0. The molecule has 0 radical (unpaired) electrons. The van der Waals surface area contributed by atoms with Gasteiger partial charge in [0.25, 0.3) is 5.91 Å². The molecule has 1 aromatic carbocycles. The standard InChI is InChI=1S/C19H23N3O3/c1-21(16-6-3-2-4-7-16)18(23)14-25-19(24)15-8-10-17(11-9-15)22-13-5-12-20-22/h5,8-13,16H,2-4,6-7,14H2,1H3. The summed E-state index contributed by atoms with van der Waals surface area (Å²) in [7, 11) is 1.80. The van der Waals surface area contributed by atoms with Crippen molar-refractivity contribution in [3.63, 3.8) is 0 Å². The van der Waals surface area contributed by atoms with Gasteiger partial charge in [-0.15, -0.1) is 0 Å². The van der Waals surface area contributed by atoms with E-state index in [1.807, 2.05) is 12.3 Å². The maximum absolute atomic E-state index is 12.2. The van der Waals surface area contributed by atoms with Crippen LogP contribution in [0.1, 0.15) is 42.5 Å². The van der Waals surface area contributed by atoms with Gasteiger partial charge in [-0.3, -0.25) is 4.79 Å². The molecule has 25 heavy (non-hydrogen) atoms. The van der Waals surface area contributed by atoms with Crippen LogP contribution in [0.5, 0.6) is 0 Å². The van der Waals surface area contributed by atoms with E-state index in [1.165, 1.54) is 6.42 Å². The molecule has 1 heterocycles. The minimum atomic E-state index is -0.489. The second kappa shape index (κ2) is 7.96. The first-order valence-electron chi connectivity index (χ1n) is 8.68. The average molecular weight is 341 g/mol. The predicted octanol–water partition coefficient (Wildman–Crippen LogP) is 2.82. The number of esters is 1. The third-order valence-electron chi connectivity index (χ3n) is 4.71. The van der Waals surface area contributed by atoms with Gasteiger partial charge in [0.1, 0.15) is 0 Å². The topological polar surface area (TPSA) is 64.4 Å². The Labute approximate surface area is 147 Å². The first-order chi connectivity index (χ1) is 12.1. The molecule has 0 bridgehead atoms. The van der Waals surface area contributed by atoms with E-state index < -0.39 is 5.97 Å². The Hall–Kier alpha value is -2.63. The zero-order chi connectivity index (χ0) is 17.6. The maximum Gasteiger partial charge on any atom is 0.338 e. The normalized spacial score (nSPS) is 14.9. The van der Waals surface area contributed by atoms with Gasteiger partial charge in [-0.2, -0.15) is 5.10 Å². The van der Waals surface area contributed by atoms with Crippen molar-refractivity contribution in [2.24, 2.45) is 0 Å². The molecular formula is C19H23N3O3. The van der Waals surface area contributed by atoms with Crippen molar-refractivity contribution in [3.8, 4) is 5.69 Å². The second-order valence-electron chi connectivity index (χ2n) is 6.37. The summed E-state index contributed by atoms with van der Waals surface area (Å²) in [5, 5.41) is 4.13. The number of carbonyl (C=O) groups excluding carboxylic acids is 2. The van der Waals surface area contributed by atoms with Gasteiger partial charge in [0.2, 0.25) is 0 Å². The fraction of sp³-hybridized carbons (Fsp3) is 0.421. The van der Waals surface area contributed by atoms with Crippen molar-refractivity contribution in [1.82, 2.24) is 14.7 Å². The van der Waals surface area contributed by atoms with Gasteiger partial charge in [-0.1, -0.05) is 19.3 Å². The molecule has 1 aromatic heterocycles. The van der Waals surface area contributed by atoms with Crippen LogP contribution < -0.4 is 0 Å². The van der Waals surface area contributed by atoms with Crippen molar-refractivity contribution in [1.29, 1.82) is 0 Å². The number of hydrogen-bond acceptors (Lipinski definition) is 4. The van der Waals surface area contributed by atoms with Crippen LogP contribution in [0, 0.1) is 0 Å². The number of hydrogen-bond donors (Lipinski definition) is 0. The smallest absolute Gasteiger partial charge is 0.338 e. The number of carbonyl (C=O) groups is 2. The van der Waals surface area contributed by atoms with E-state index in [0.29, 0.717) is 5.56 Å². The van der Waals surface area contributed by atoms with E-state index in [9.17, 15) is 9.59 Å². The van der Waals surface area contributed by atoms with Crippen molar-refractivity contribution in [3.05, 3.63) is 48.3 Å². The first-order valence-corrected chi connectivity index (χ1v) is 8.68. The molecule has 3 rings (SSSR count). The summed E-state index contributed by atoms with van der Waals surface area (Å²) in [5.41, 5.74) is 1.28. The fourth-order valence-corrected chi connectivity index (χ4v) is 3.16. The molecule has 0 N–H and O–H groups in total. The highest BCUT2D eigenvalue weighted by molar-refractivity contribution is 5.91. The van der Waals surface area contributed by atoms with E-state index in [2.05, 4.69) is 5.10 Å². The summed E-state index contributed by atoms with van der Waals surface area (Å²) < 4.78 is 6.89. The Morgan fingerprint density at radius 1 is 1.20 bits per heavy atom. The molecule has 6 nitrogen and oxygen atoms in total. The largest absolute Gasteiger partial charge is 0.452 e.